The fraction of sp³-hybridized carbons (Fsp3) is 0.455. The van der Waals surface area contributed by atoms with E-state index in [9.17, 15) is 4.79 Å². The molecule has 0 aliphatic carbocycles. The smallest absolute Gasteiger partial charge is 0.222 e. The summed E-state index contributed by atoms with van der Waals surface area (Å²) < 4.78 is 0. The minimum atomic E-state index is -0.164. The average molecular weight is 364 g/mol. The van der Waals surface area contributed by atoms with Crippen LogP contribution < -0.4 is 10.6 Å². The van der Waals surface area contributed by atoms with Crippen molar-refractivity contribution in [2.45, 2.75) is 51.2 Å². The number of benzene rings is 1. The van der Waals surface area contributed by atoms with Crippen LogP contribution in [0.25, 0.3) is 0 Å². The lowest BCUT2D eigenvalue weighted by Crippen LogP contribution is -2.46. The van der Waals surface area contributed by atoms with E-state index >= 15 is 0 Å². The highest BCUT2D eigenvalue weighted by molar-refractivity contribution is 5.79. The molecule has 27 heavy (non-hydrogen) atoms. The zero-order valence-electron chi connectivity index (χ0n) is 16.0. The highest BCUT2D eigenvalue weighted by Gasteiger charge is 2.36. The maximum atomic E-state index is 12.5. The van der Waals surface area contributed by atoms with Crippen molar-refractivity contribution in [2.24, 2.45) is 0 Å². The van der Waals surface area contributed by atoms with E-state index in [-0.39, 0.29) is 11.4 Å². The normalized spacial score (nSPS) is 23.5. The van der Waals surface area contributed by atoms with Crippen molar-refractivity contribution in [2.75, 3.05) is 18.4 Å². The van der Waals surface area contributed by atoms with Crippen molar-refractivity contribution in [3.8, 4) is 0 Å². The number of aromatic nitrogens is 1. The summed E-state index contributed by atoms with van der Waals surface area (Å²) in [6.45, 7) is 5.73. The number of hydrogen-bond donors (Lipinski definition) is 2. The molecule has 0 unspecified atom stereocenters. The molecule has 3 heterocycles. The van der Waals surface area contributed by atoms with Crippen molar-refractivity contribution in [1.82, 2.24) is 15.2 Å². The number of carbonyl (C=O) groups is 1. The third kappa shape index (κ3) is 4.14. The third-order valence-electron chi connectivity index (χ3n) is 5.96. The van der Waals surface area contributed by atoms with Crippen molar-refractivity contribution in [3.05, 3.63) is 59.4 Å². The molecule has 1 fully saturated rings. The van der Waals surface area contributed by atoms with Gasteiger partial charge in [-0.1, -0.05) is 18.2 Å². The van der Waals surface area contributed by atoms with Gasteiger partial charge in [0, 0.05) is 49.7 Å². The molecule has 1 spiro atoms. The quantitative estimate of drug-likeness (QED) is 0.859. The number of anilines is 1. The van der Waals surface area contributed by atoms with E-state index in [2.05, 4.69) is 51.7 Å². The molecule has 2 aromatic rings. The van der Waals surface area contributed by atoms with Crippen molar-refractivity contribution in [1.29, 1.82) is 0 Å². The Morgan fingerprint density at radius 1 is 1.19 bits per heavy atom. The molecule has 0 radical (unpaired) electrons. The van der Waals surface area contributed by atoms with Crippen LogP contribution in [0.4, 0.5) is 5.69 Å². The Morgan fingerprint density at radius 3 is 2.96 bits per heavy atom. The van der Waals surface area contributed by atoms with Gasteiger partial charge in [0.1, 0.15) is 0 Å². The largest absolute Gasteiger partial charge is 0.379 e. The van der Waals surface area contributed by atoms with Gasteiger partial charge in [-0.15, -0.1) is 0 Å². The number of fused-ring (bicyclic) bond motifs is 1. The summed E-state index contributed by atoms with van der Waals surface area (Å²) in [6.07, 6.45) is 7.43. The number of hydrogen-bond acceptors (Lipinski definition) is 4. The van der Waals surface area contributed by atoms with Gasteiger partial charge in [-0.05, 0) is 61.6 Å². The van der Waals surface area contributed by atoms with Gasteiger partial charge in [0.2, 0.25) is 5.91 Å². The number of pyridine rings is 1. The van der Waals surface area contributed by atoms with Gasteiger partial charge in [0.15, 0.2) is 0 Å². The number of nitrogens with one attached hydrogen (secondary N) is 2. The van der Waals surface area contributed by atoms with Crippen LogP contribution in [0.15, 0.2) is 42.7 Å². The molecule has 1 saturated heterocycles. The van der Waals surface area contributed by atoms with Gasteiger partial charge < -0.3 is 10.6 Å². The highest BCUT2D eigenvalue weighted by Crippen LogP contribution is 2.33. The number of likely N-dealkylation sites (tertiary alicyclic amines) is 1. The molecular formula is C22H28N4O. The molecule has 0 bridgehead atoms. The standard InChI is InChI=1S/C22H28N4O/c1-17-14-23-10-7-19(17)16-26-11-4-8-22(9-12-26)13-21(27)24-15-18-5-2-3-6-20(18)25-22/h2-3,5-7,10,14,25H,4,8-9,11-13,15-16H2,1H3,(H,24,27)/t22-/m1/s1. The molecule has 142 valence electrons. The summed E-state index contributed by atoms with van der Waals surface area (Å²) in [6, 6.07) is 10.5. The maximum absolute atomic E-state index is 12.5. The SMILES string of the molecule is Cc1cnccc1CN1CCC[C@@]2(CC1)CC(=O)NCc1ccccc1N2. The van der Waals surface area contributed by atoms with E-state index in [1.807, 2.05) is 18.5 Å². The van der Waals surface area contributed by atoms with Crippen molar-refractivity contribution in [3.63, 3.8) is 0 Å². The lowest BCUT2D eigenvalue weighted by Gasteiger charge is -2.37. The zero-order chi connectivity index (χ0) is 18.7. The van der Waals surface area contributed by atoms with E-state index in [0.717, 1.165) is 44.6 Å². The van der Waals surface area contributed by atoms with Crippen LogP contribution in [0.1, 0.15) is 42.4 Å². The van der Waals surface area contributed by atoms with Crippen LogP contribution >= 0.6 is 0 Å². The van der Waals surface area contributed by atoms with Crippen LogP contribution in [0.5, 0.6) is 0 Å². The van der Waals surface area contributed by atoms with Gasteiger partial charge >= 0.3 is 0 Å². The summed E-state index contributed by atoms with van der Waals surface area (Å²) in [5, 5.41) is 6.88. The van der Waals surface area contributed by atoms with E-state index in [1.54, 1.807) is 0 Å². The second-order valence-electron chi connectivity index (χ2n) is 7.95. The molecule has 2 aliphatic heterocycles. The minimum Gasteiger partial charge on any atom is -0.379 e. The molecule has 1 amide bonds. The number of aryl methyl sites for hydroxylation is 1. The van der Waals surface area contributed by atoms with E-state index in [4.69, 9.17) is 0 Å². The topological polar surface area (TPSA) is 57.3 Å². The van der Waals surface area contributed by atoms with Gasteiger partial charge in [0.05, 0.1) is 0 Å². The van der Waals surface area contributed by atoms with E-state index in [0.29, 0.717) is 13.0 Å². The second-order valence-corrected chi connectivity index (χ2v) is 7.95. The third-order valence-corrected chi connectivity index (χ3v) is 5.96. The summed E-state index contributed by atoms with van der Waals surface area (Å²) in [4.78, 5) is 19.2. The van der Waals surface area contributed by atoms with E-state index in [1.165, 1.54) is 16.7 Å². The van der Waals surface area contributed by atoms with Gasteiger partial charge in [-0.25, -0.2) is 0 Å². The van der Waals surface area contributed by atoms with Crippen LogP contribution in [-0.4, -0.2) is 34.4 Å². The molecule has 2 aliphatic rings. The lowest BCUT2D eigenvalue weighted by molar-refractivity contribution is -0.122. The summed E-state index contributed by atoms with van der Waals surface area (Å²) in [5.74, 6) is 0.149. The first-order valence-electron chi connectivity index (χ1n) is 9.88. The predicted octanol–water partition coefficient (Wildman–Crippen LogP) is 3.25. The summed E-state index contributed by atoms with van der Waals surface area (Å²) in [5.41, 5.74) is 4.75. The monoisotopic (exact) mass is 364 g/mol. The van der Waals surface area contributed by atoms with Crippen molar-refractivity contribution >= 4 is 11.6 Å². The Bertz CT molecular complexity index is 821. The second kappa shape index (κ2) is 7.69. The van der Waals surface area contributed by atoms with Gasteiger partial charge in [-0.2, -0.15) is 0 Å². The Hall–Kier alpha value is -2.40. The van der Waals surface area contributed by atoms with Crippen LogP contribution in [0.3, 0.4) is 0 Å². The van der Waals surface area contributed by atoms with Crippen LogP contribution in [0.2, 0.25) is 0 Å². The molecule has 5 nitrogen and oxygen atoms in total. The number of carbonyl (C=O) groups excluding carboxylic acids is 1. The number of nitrogens with zero attached hydrogens (tertiary/aromatic N) is 2. The number of para-hydroxylation sites is 1. The fourth-order valence-electron chi connectivity index (χ4n) is 4.32. The predicted molar refractivity (Wildman–Crippen MR) is 107 cm³/mol. The summed E-state index contributed by atoms with van der Waals surface area (Å²) in [7, 11) is 0. The maximum Gasteiger partial charge on any atom is 0.222 e. The Labute approximate surface area is 161 Å². The fourth-order valence-corrected chi connectivity index (χ4v) is 4.32. The molecule has 0 saturated carbocycles. The molecule has 1 aromatic heterocycles. The van der Waals surface area contributed by atoms with Crippen LogP contribution in [-0.2, 0) is 17.9 Å². The molecule has 5 heteroatoms. The van der Waals surface area contributed by atoms with Gasteiger partial charge in [0.25, 0.3) is 0 Å². The molecule has 4 rings (SSSR count). The molecule has 1 atom stereocenters. The first-order chi connectivity index (χ1) is 13.1. The first-order valence-corrected chi connectivity index (χ1v) is 9.88. The molecule has 1 aromatic carbocycles. The lowest BCUT2D eigenvalue weighted by atomic mass is 9.85. The first kappa shape index (κ1) is 18.0. The van der Waals surface area contributed by atoms with Crippen molar-refractivity contribution < 1.29 is 4.79 Å². The van der Waals surface area contributed by atoms with E-state index < -0.39 is 0 Å². The molecule has 2 N–H and O–H groups in total. The zero-order valence-corrected chi connectivity index (χ0v) is 16.0. The minimum absolute atomic E-state index is 0.149. The number of amides is 1. The number of rotatable bonds is 2. The molecular weight excluding hydrogens is 336 g/mol. The highest BCUT2D eigenvalue weighted by atomic mass is 16.1. The Morgan fingerprint density at radius 2 is 2.07 bits per heavy atom. The van der Waals surface area contributed by atoms with Gasteiger partial charge in [-0.3, -0.25) is 14.7 Å². The Balaban J connectivity index is 1.52. The van der Waals surface area contributed by atoms with Crippen LogP contribution in [0, 0.1) is 6.92 Å². The average Bonchev–Trinajstić information content (AvgIpc) is 2.84. The summed E-state index contributed by atoms with van der Waals surface area (Å²) >= 11 is 0. The Kier molecular flexibility index (Phi) is 5.12.